The smallest absolute Gasteiger partial charge is 0.161 e. The summed E-state index contributed by atoms with van der Waals surface area (Å²) in [5.74, 6) is 0.991. The highest BCUT2D eigenvalue weighted by atomic mass is 15.0. The third-order valence-electron chi connectivity index (χ3n) is 3.76. The molecular weight excluding hydrogens is 286 g/mol. The highest BCUT2D eigenvalue weighted by molar-refractivity contribution is 5.80. The molecule has 0 aliphatic carbocycles. The Morgan fingerprint density at radius 1 is 0.957 bits per heavy atom. The predicted octanol–water partition coefficient (Wildman–Crippen LogP) is 3.58. The van der Waals surface area contributed by atoms with Crippen molar-refractivity contribution < 1.29 is 0 Å². The summed E-state index contributed by atoms with van der Waals surface area (Å²) in [6, 6.07) is 16.0. The van der Waals surface area contributed by atoms with E-state index in [1.54, 1.807) is 6.20 Å². The number of H-pyrrole nitrogens is 1. The van der Waals surface area contributed by atoms with Crippen LogP contribution in [0.1, 0.15) is 5.56 Å². The number of rotatable bonds is 2. The van der Waals surface area contributed by atoms with Crippen LogP contribution in [-0.4, -0.2) is 19.9 Å². The number of aromatic amines is 1. The van der Waals surface area contributed by atoms with Crippen molar-refractivity contribution in [2.45, 2.75) is 6.92 Å². The van der Waals surface area contributed by atoms with Gasteiger partial charge in [0.2, 0.25) is 0 Å². The van der Waals surface area contributed by atoms with Crippen LogP contribution >= 0.6 is 0 Å². The van der Waals surface area contributed by atoms with Crippen LogP contribution < -0.4 is 5.73 Å². The number of para-hydroxylation sites is 2. The second-order valence-corrected chi connectivity index (χ2v) is 5.46. The first-order chi connectivity index (χ1) is 11.2. The number of aromatic nitrogens is 4. The van der Waals surface area contributed by atoms with Crippen LogP contribution in [0.25, 0.3) is 33.8 Å². The highest BCUT2D eigenvalue weighted by Crippen LogP contribution is 2.26. The molecule has 0 bridgehead atoms. The van der Waals surface area contributed by atoms with Gasteiger partial charge < -0.3 is 10.7 Å². The fourth-order valence-electron chi connectivity index (χ4n) is 2.50. The van der Waals surface area contributed by atoms with Gasteiger partial charge in [-0.15, -0.1) is 0 Å². The van der Waals surface area contributed by atoms with Crippen LogP contribution in [0.3, 0.4) is 0 Å². The zero-order valence-corrected chi connectivity index (χ0v) is 12.6. The Hall–Kier alpha value is -3.21. The van der Waals surface area contributed by atoms with Crippen molar-refractivity contribution in [1.29, 1.82) is 0 Å². The molecule has 4 aromatic rings. The van der Waals surface area contributed by atoms with E-state index < -0.39 is 0 Å². The Morgan fingerprint density at radius 3 is 2.52 bits per heavy atom. The van der Waals surface area contributed by atoms with E-state index in [0.29, 0.717) is 17.3 Å². The summed E-state index contributed by atoms with van der Waals surface area (Å²) < 4.78 is 0. The first kappa shape index (κ1) is 13.5. The minimum Gasteiger partial charge on any atom is -0.382 e. The van der Waals surface area contributed by atoms with Gasteiger partial charge in [-0.25, -0.2) is 15.0 Å². The predicted molar refractivity (Wildman–Crippen MR) is 91.7 cm³/mol. The summed E-state index contributed by atoms with van der Waals surface area (Å²) >= 11 is 0. The summed E-state index contributed by atoms with van der Waals surface area (Å²) in [4.78, 5) is 16.7. The number of fused-ring (bicyclic) bond motifs is 1. The third-order valence-corrected chi connectivity index (χ3v) is 3.76. The Kier molecular flexibility index (Phi) is 3.05. The summed E-state index contributed by atoms with van der Waals surface area (Å²) in [6.45, 7) is 2.05. The number of nitrogens with zero attached hydrogens (tertiary/aromatic N) is 3. The van der Waals surface area contributed by atoms with Crippen LogP contribution in [-0.2, 0) is 0 Å². The highest BCUT2D eigenvalue weighted by Gasteiger charge is 2.13. The number of anilines is 1. The number of hydrogen-bond donors (Lipinski definition) is 2. The molecule has 0 atom stereocenters. The Morgan fingerprint density at radius 2 is 1.74 bits per heavy atom. The molecule has 0 spiro atoms. The van der Waals surface area contributed by atoms with Gasteiger partial charge in [-0.3, -0.25) is 0 Å². The maximum atomic E-state index is 6.01. The van der Waals surface area contributed by atoms with Crippen LogP contribution in [0.15, 0.2) is 54.7 Å². The molecule has 0 saturated carbocycles. The average Bonchev–Trinajstić information content (AvgIpc) is 3.00. The first-order valence-corrected chi connectivity index (χ1v) is 7.35. The number of nitrogens with one attached hydrogen (secondary N) is 1. The summed E-state index contributed by atoms with van der Waals surface area (Å²) in [7, 11) is 0. The maximum Gasteiger partial charge on any atom is 0.161 e. The molecule has 4 rings (SSSR count). The van der Waals surface area contributed by atoms with Gasteiger partial charge in [0.15, 0.2) is 11.6 Å². The van der Waals surface area contributed by atoms with Crippen molar-refractivity contribution in [2.24, 2.45) is 0 Å². The van der Waals surface area contributed by atoms with Crippen molar-refractivity contribution in [3.63, 3.8) is 0 Å². The molecule has 2 aromatic heterocycles. The van der Waals surface area contributed by atoms with Gasteiger partial charge >= 0.3 is 0 Å². The number of hydrogen-bond acceptors (Lipinski definition) is 4. The van der Waals surface area contributed by atoms with Crippen LogP contribution in [0.2, 0.25) is 0 Å². The van der Waals surface area contributed by atoms with E-state index in [1.165, 1.54) is 5.56 Å². The lowest BCUT2D eigenvalue weighted by Gasteiger charge is -2.05. The molecule has 5 heteroatoms. The van der Waals surface area contributed by atoms with Gasteiger partial charge in [0.25, 0.3) is 0 Å². The van der Waals surface area contributed by atoms with Gasteiger partial charge in [0.1, 0.15) is 5.69 Å². The van der Waals surface area contributed by atoms with E-state index in [4.69, 9.17) is 5.73 Å². The molecule has 5 nitrogen and oxygen atoms in total. The number of nitrogens with two attached hydrogens (primary N) is 1. The first-order valence-electron chi connectivity index (χ1n) is 7.35. The molecule has 0 amide bonds. The molecular formula is C18H15N5. The van der Waals surface area contributed by atoms with Gasteiger partial charge in [0, 0.05) is 5.56 Å². The Bertz CT molecular complexity index is 953. The number of nitrogen functional groups attached to an aromatic ring is 1. The number of benzene rings is 2. The average molecular weight is 301 g/mol. The van der Waals surface area contributed by atoms with Gasteiger partial charge in [-0.2, -0.15) is 0 Å². The second kappa shape index (κ2) is 5.21. The monoisotopic (exact) mass is 301 g/mol. The Balaban J connectivity index is 1.84. The topological polar surface area (TPSA) is 80.5 Å². The Labute approximate surface area is 133 Å². The van der Waals surface area contributed by atoms with E-state index in [-0.39, 0.29) is 0 Å². The lowest BCUT2D eigenvalue weighted by atomic mass is 10.1. The number of imidazole rings is 1. The lowest BCUT2D eigenvalue weighted by Crippen LogP contribution is -1.99. The van der Waals surface area contributed by atoms with Crippen LogP contribution in [0.4, 0.5) is 5.82 Å². The molecule has 0 fully saturated rings. The molecule has 23 heavy (non-hydrogen) atoms. The standard InChI is InChI=1S/C18H15N5/c1-11-6-8-12(9-7-11)15-10-20-17(19)16(21-15)18-22-13-4-2-3-5-14(13)23-18/h2-10H,1H3,(H2,19,20)(H,22,23). The van der Waals surface area contributed by atoms with Gasteiger partial charge in [0.05, 0.1) is 22.9 Å². The van der Waals surface area contributed by atoms with E-state index in [2.05, 4.69) is 26.9 Å². The SMILES string of the molecule is Cc1ccc(-c2cnc(N)c(-c3nc4ccccc4[nH]3)n2)cc1. The normalized spacial score (nSPS) is 11.0. The molecule has 0 aliphatic heterocycles. The molecule has 3 N–H and O–H groups in total. The summed E-state index contributed by atoms with van der Waals surface area (Å²) in [5.41, 5.74) is 11.4. The van der Waals surface area contributed by atoms with Crippen molar-refractivity contribution in [3.05, 3.63) is 60.3 Å². The van der Waals surface area contributed by atoms with Gasteiger partial charge in [-0.1, -0.05) is 42.0 Å². The van der Waals surface area contributed by atoms with Crippen molar-refractivity contribution in [1.82, 2.24) is 19.9 Å². The molecule has 0 aliphatic rings. The van der Waals surface area contributed by atoms with Gasteiger partial charge in [-0.05, 0) is 19.1 Å². The maximum absolute atomic E-state index is 6.01. The fourth-order valence-corrected chi connectivity index (χ4v) is 2.50. The van der Waals surface area contributed by atoms with E-state index in [9.17, 15) is 0 Å². The molecule has 0 saturated heterocycles. The summed E-state index contributed by atoms with van der Waals surface area (Å²) in [5, 5.41) is 0. The molecule has 0 radical (unpaired) electrons. The zero-order valence-electron chi connectivity index (χ0n) is 12.6. The molecule has 112 valence electrons. The molecule has 2 heterocycles. The number of aryl methyl sites for hydroxylation is 1. The second-order valence-electron chi connectivity index (χ2n) is 5.46. The molecule has 2 aromatic carbocycles. The summed E-state index contributed by atoms with van der Waals surface area (Å²) in [6.07, 6.45) is 1.69. The lowest BCUT2D eigenvalue weighted by molar-refractivity contribution is 1.18. The van der Waals surface area contributed by atoms with E-state index >= 15 is 0 Å². The fraction of sp³-hybridized carbons (Fsp3) is 0.0556. The van der Waals surface area contributed by atoms with E-state index in [1.807, 2.05) is 48.5 Å². The zero-order chi connectivity index (χ0) is 15.8. The quantitative estimate of drug-likeness (QED) is 0.593. The van der Waals surface area contributed by atoms with Crippen LogP contribution in [0, 0.1) is 6.92 Å². The van der Waals surface area contributed by atoms with Crippen molar-refractivity contribution in [2.75, 3.05) is 5.73 Å². The minimum absolute atomic E-state index is 0.361. The van der Waals surface area contributed by atoms with Crippen LogP contribution in [0.5, 0.6) is 0 Å². The molecule has 0 unspecified atom stereocenters. The third kappa shape index (κ3) is 2.42. The van der Waals surface area contributed by atoms with E-state index in [0.717, 1.165) is 22.3 Å². The largest absolute Gasteiger partial charge is 0.382 e. The van der Waals surface area contributed by atoms with Crippen molar-refractivity contribution in [3.8, 4) is 22.8 Å². The van der Waals surface area contributed by atoms with Crippen molar-refractivity contribution >= 4 is 16.9 Å². The minimum atomic E-state index is 0.361.